The Labute approximate surface area is 198 Å². The van der Waals surface area contributed by atoms with E-state index in [1.807, 2.05) is 0 Å². The number of carbonyl (C=O) groups excluding carboxylic acids is 1. The van der Waals surface area contributed by atoms with E-state index in [-0.39, 0.29) is 36.1 Å². The van der Waals surface area contributed by atoms with Gasteiger partial charge >= 0.3 is 12.8 Å². The average Bonchev–Trinajstić information content (AvgIpc) is 3.07. The van der Waals surface area contributed by atoms with Crippen LogP contribution in [-0.2, 0) is 23.9 Å². The molecule has 1 heterocycles. The van der Waals surface area contributed by atoms with Crippen LogP contribution in [0, 0.1) is 13.8 Å². The predicted molar refractivity (Wildman–Crippen MR) is 118 cm³/mol. The minimum absolute atomic E-state index is 0.0170. The molecule has 188 valence electrons. The van der Waals surface area contributed by atoms with E-state index in [4.69, 9.17) is 4.74 Å². The van der Waals surface area contributed by atoms with Crippen molar-refractivity contribution in [2.75, 3.05) is 14.2 Å². The summed E-state index contributed by atoms with van der Waals surface area (Å²) in [5.74, 6) is -0.266. The van der Waals surface area contributed by atoms with E-state index in [9.17, 15) is 26.7 Å². The molecule has 0 saturated heterocycles. The fourth-order valence-electron chi connectivity index (χ4n) is 3.65. The van der Waals surface area contributed by atoms with Gasteiger partial charge in [-0.05, 0) is 49.7 Å². The highest BCUT2D eigenvalue weighted by Gasteiger charge is 2.31. The third-order valence-electron chi connectivity index (χ3n) is 5.48. The highest BCUT2D eigenvalue weighted by atomic mass is 19.4. The maximum absolute atomic E-state index is 13.1. The topological polar surface area (TPSA) is 56.6 Å². The Morgan fingerprint density at radius 3 is 2.46 bits per heavy atom. The van der Waals surface area contributed by atoms with Crippen LogP contribution in [0.3, 0.4) is 0 Å². The Bertz CT molecular complexity index is 1210. The zero-order chi connectivity index (χ0) is 25.9. The number of rotatable bonds is 8. The second-order valence-electron chi connectivity index (χ2n) is 7.90. The van der Waals surface area contributed by atoms with Crippen LogP contribution < -0.4 is 9.47 Å². The van der Waals surface area contributed by atoms with Crippen molar-refractivity contribution in [2.45, 2.75) is 39.6 Å². The molecule has 11 heteroatoms. The zero-order valence-corrected chi connectivity index (χ0v) is 19.5. The van der Waals surface area contributed by atoms with Crippen LogP contribution in [0.5, 0.6) is 11.5 Å². The van der Waals surface area contributed by atoms with Gasteiger partial charge in [0.1, 0.15) is 0 Å². The maximum Gasteiger partial charge on any atom is 0.416 e. The summed E-state index contributed by atoms with van der Waals surface area (Å²) in [7, 11) is 2.90. The van der Waals surface area contributed by atoms with Crippen LogP contribution in [0.15, 0.2) is 42.5 Å². The lowest BCUT2D eigenvalue weighted by molar-refractivity contribution is -0.137. The van der Waals surface area contributed by atoms with E-state index in [1.54, 1.807) is 27.0 Å². The molecule has 0 radical (unpaired) electrons. The Hall–Kier alpha value is -3.63. The number of nitrogens with zero attached hydrogens (tertiary/aromatic N) is 3. The predicted octanol–water partition coefficient (Wildman–Crippen LogP) is 5.32. The fourth-order valence-corrected chi connectivity index (χ4v) is 3.65. The van der Waals surface area contributed by atoms with Crippen molar-refractivity contribution < 1.29 is 36.2 Å². The molecule has 3 aromatic rings. The summed E-state index contributed by atoms with van der Waals surface area (Å²) in [5, 5.41) is 4.34. The molecule has 0 aliphatic heterocycles. The van der Waals surface area contributed by atoms with Gasteiger partial charge in [0.2, 0.25) is 5.91 Å². The van der Waals surface area contributed by atoms with Crippen molar-refractivity contribution in [2.24, 2.45) is 0 Å². The first-order valence-electron chi connectivity index (χ1n) is 10.5. The van der Waals surface area contributed by atoms with Gasteiger partial charge in [0.25, 0.3) is 0 Å². The second-order valence-corrected chi connectivity index (χ2v) is 7.90. The van der Waals surface area contributed by atoms with Gasteiger partial charge < -0.3 is 14.4 Å². The minimum Gasteiger partial charge on any atom is -0.493 e. The summed E-state index contributed by atoms with van der Waals surface area (Å²) in [6, 6.07) is 9.20. The normalized spacial score (nSPS) is 11.6. The monoisotopic (exact) mass is 497 g/mol. The van der Waals surface area contributed by atoms with Crippen LogP contribution in [0.1, 0.15) is 28.1 Å². The molecule has 2 aromatic carbocycles. The van der Waals surface area contributed by atoms with Crippen molar-refractivity contribution >= 4 is 5.91 Å². The average molecular weight is 497 g/mol. The van der Waals surface area contributed by atoms with Gasteiger partial charge in [-0.2, -0.15) is 27.1 Å². The van der Waals surface area contributed by atoms with Crippen molar-refractivity contribution in [3.8, 4) is 17.2 Å². The van der Waals surface area contributed by atoms with Crippen molar-refractivity contribution in [3.05, 3.63) is 70.5 Å². The van der Waals surface area contributed by atoms with E-state index in [1.165, 1.54) is 41.0 Å². The molecule has 0 spiro atoms. The zero-order valence-electron chi connectivity index (χ0n) is 19.5. The number of likely N-dealkylation sites (N-methyl/N-ethyl adjacent to an activating group) is 1. The number of amides is 1. The highest BCUT2D eigenvalue weighted by Crippen LogP contribution is 2.32. The highest BCUT2D eigenvalue weighted by molar-refractivity contribution is 5.79. The largest absolute Gasteiger partial charge is 0.493 e. The van der Waals surface area contributed by atoms with Crippen molar-refractivity contribution in [1.29, 1.82) is 0 Å². The van der Waals surface area contributed by atoms with Crippen LogP contribution in [0.2, 0.25) is 0 Å². The number of alkyl halides is 5. The number of aromatic nitrogens is 2. The molecule has 1 aromatic heterocycles. The smallest absolute Gasteiger partial charge is 0.416 e. The van der Waals surface area contributed by atoms with Crippen LogP contribution >= 0.6 is 0 Å². The first kappa shape index (κ1) is 26.0. The molecule has 0 N–H and O–H groups in total. The van der Waals surface area contributed by atoms with E-state index in [0.29, 0.717) is 22.5 Å². The first-order chi connectivity index (χ1) is 16.4. The summed E-state index contributed by atoms with van der Waals surface area (Å²) in [5.41, 5.74) is 1.77. The molecule has 6 nitrogen and oxygen atoms in total. The Morgan fingerprint density at radius 1 is 1.11 bits per heavy atom. The summed E-state index contributed by atoms with van der Waals surface area (Å²) in [6.45, 7) is 0.550. The van der Waals surface area contributed by atoms with E-state index >= 15 is 0 Å². The Balaban J connectivity index is 1.77. The molecular weight excluding hydrogens is 473 g/mol. The molecule has 0 saturated carbocycles. The first-order valence-corrected chi connectivity index (χ1v) is 10.5. The molecule has 0 bridgehead atoms. The number of halogens is 5. The molecule has 35 heavy (non-hydrogen) atoms. The third-order valence-corrected chi connectivity index (χ3v) is 5.48. The van der Waals surface area contributed by atoms with E-state index < -0.39 is 18.4 Å². The van der Waals surface area contributed by atoms with Gasteiger partial charge in [-0.3, -0.25) is 4.79 Å². The lowest BCUT2D eigenvalue weighted by atomic mass is 10.1. The summed E-state index contributed by atoms with van der Waals surface area (Å²) in [6.07, 6.45) is -4.50. The van der Waals surface area contributed by atoms with Crippen LogP contribution in [0.25, 0.3) is 5.69 Å². The lowest BCUT2D eigenvalue weighted by Crippen LogP contribution is -2.28. The molecule has 0 unspecified atom stereocenters. The summed E-state index contributed by atoms with van der Waals surface area (Å²) >= 11 is 0. The van der Waals surface area contributed by atoms with Gasteiger partial charge in [-0.25, -0.2) is 4.68 Å². The third kappa shape index (κ3) is 6.09. The number of hydrogen-bond donors (Lipinski definition) is 0. The number of methoxy groups -OCH3 is 1. The number of ether oxygens (including phenoxy) is 2. The Morgan fingerprint density at radius 2 is 1.83 bits per heavy atom. The number of carbonyl (C=O) groups is 1. The lowest BCUT2D eigenvalue weighted by Gasteiger charge is -2.19. The number of hydrogen-bond acceptors (Lipinski definition) is 4. The molecule has 0 aliphatic carbocycles. The number of aryl methyl sites for hydroxylation is 1. The molecule has 0 aliphatic rings. The van der Waals surface area contributed by atoms with Gasteiger partial charge in [-0.1, -0.05) is 12.1 Å². The minimum atomic E-state index is -4.49. The molecule has 3 rings (SSSR count). The fraction of sp³-hybridized carbons (Fsp3) is 0.333. The molecule has 0 fully saturated rings. The van der Waals surface area contributed by atoms with Crippen LogP contribution in [0.4, 0.5) is 22.0 Å². The summed E-state index contributed by atoms with van der Waals surface area (Å²) in [4.78, 5) is 14.4. The van der Waals surface area contributed by atoms with Gasteiger partial charge in [0, 0.05) is 24.8 Å². The van der Waals surface area contributed by atoms with Crippen LogP contribution in [-0.4, -0.2) is 41.4 Å². The van der Waals surface area contributed by atoms with Crippen molar-refractivity contribution in [3.63, 3.8) is 0 Å². The van der Waals surface area contributed by atoms with E-state index in [2.05, 4.69) is 9.84 Å². The standard InChI is InChI=1S/C24H24F5N3O3/c1-14-19(15(2)32(30-14)18-7-5-6-17(11-18)24(27,28)29)12-22(33)31(3)13-16-8-9-20(35-23(25)26)21(10-16)34-4/h5-11,23H,12-13H2,1-4H3. The summed E-state index contributed by atoms with van der Waals surface area (Å²) < 4.78 is 75.2. The van der Waals surface area contributed by atoms with Gasteiger partial charge in [0.05, 0.1) is 30.5 Å². The SMILES string of the molecule is COc1cc(CN(C)C(=O)Cc2c(C)nn(-c3cccc(C(F)(F)F)c3)c2C)ccc1OC(F)F. The number of benzene rings is 2. The quantitative estimate of drug-likeness (QED) is 0.396. The Kier molecular flexibility index (Phi) is 7.67. The van der Waals surface area contributed by atoms with Gasteiger partial charge in [-0.15, -0.1) is 0 Å². The second kappa shape index (κ2) is 10.3. The molecule has 1 amide bonds. The molecular formula is C24H24F5N3O3. The van der Waals surface area contributed by atoms with Gasteiger partial charge in [0.15, 0.2) is 11.5 Å². The van der Waals surface area contributed by atoms with E-state index in [0.717, 1.165) is 12.1 Å². The molecule has 0 atom stereocenters. The van der Waals surface area contributed by atoms with Crippen molar-refractivity contribution in [1.82, 2.24) is 14.7 Å². The maximum atomic E-state index is 13.1.